The second-order valence-electron chi connectivity index (χ2n) is 4.92. The van der Waals surface area contributed by atoms with Crippen molar-refractivity contribution in [3.05, 3.63) is 59.8 Å². The van der Waals surface area contributed by atoms with E-state index in [9.17, 15) is 17.6 Å². The van der Waals surface area contributed by atoms with Crippen molar-refractivity contribution in [3.63, 3.8) is 0 Å². The summed E-state index contributed by atoms with van der Waals surface area (Å²) in [5.74, 6) is -0.764. The van der Waals surface area contributed by atoms with Crippen LogP contribution in [0.3, 0.4) is 0 Å². The van der Waals surface area contributed by atoms with Gasteiger partial charge in [0.15, 0.2) is 5.76 Å². The second-order valence-corrected chi connectivity index (χ2v) is 6.90. The molecular weight excluding hydrogens is 323 g/mol. The molecule has 1 aromatic heterocycles. The SMILES string of the molecule is CS(=O)(=O)N(CCNC(=O)c1ccco1)Cc1ccccc1F. The molecule has 0 aliphatic heterocycles. The molecule has 1 N–H and O–H groups in total. The van der Waals surface area contributed by atoms with Crippen LogP contribution in [0.2, 0.25) is 0 Å². The summed E-state index contributed by atoms with van der Waals surface area (Å²) in [5, 5.41) is 2.56. The van der Waals surface area contributed by atoms with Crippen LogP contribution in [0.1, 0.15) is 16.1 Å². The lowest BCUT2D eigenvalue weighted by Gasteiger charge is -2.20. The van der Waals surface area contributed by atoms with Crippen molar-refractivity contribution < 1.29 is 22.0 Å². The number of furan rings is 1. The molecule has 0 radical (unpaired) electrons. The second kappa shape index (κ2) is 7.38. The average Bonchev–Trinajstić information content (AvgIpc) is 3.01. The van der Waals surface area contributed by atoms with E-state index in [1.54, 1.807) is 12.1 Å². The third-order valence-corrected chi connectivity index (χ3v) is 4.41. The van der Waals surface area contributed by atoms with Crippen molar-refractivity contribution >= 4 is 15.9 Å². The van der Waals surface area contributed by atoms with Gasteiger partial charge in [0.25, 0.3) is 5.91 Å². The number of hydrogen-bond acceptors (Lipinski definition) is 4. The molecule has 0 aliphatic carbocycles. The number of halogens is 1. The zero-order chi connectivity index (χ0) is 16.9. The Labute approximate surface area is 134 Å². The monoisotopic (exact) mass is 340 g/mol. The van der Waals surface area contributed by atoms with Gasteiger partial charge in [-0.3, -0.25) is 4.79 Å². The third kappa shape index (κ3) is 4.90. The highest BCUT2D eigenvalue weighted by Crippen LogP contribution is 2.12. The standard InChI is InChI=1S/C15H17FN2O4S/c1-23(20,21)18(11-12-5-2-3-6-13(12)16)9-8-17-15(19)14-7-4-10-22-14/h2-7,10H,8-9,11H2,1H3,(H,17,19). The number of sulfonamides is 1. The molecular formula is C15H17FN2O4S. The molecule has 0 bridgehead atoms. The summed E-state index contributed by atoms with van der Waals surface area (Å²) in [6.07, 6.45) is 2.41. The maximum absolute atomic E-state index is 13.7. The molecule has 0 saturated carbocycles. The lowest BCUT2D eigenvalue weighted by Crippen LogP contribution is -2.37. The van der Waals surface area contributed by atoms with Crippen LogP contribution in [0.25, 0.3) is 0 Å². The maximum Gasteiger partial charge on any atom is 0.287 e. The van der Waals surface area contributed by atoms with Crippen LogP contribution in [0, 0.1) is 5.82 Å². The Bertz CT molecular complexity index is 760. The van der Waals surface area contributed by atoms with Gasteiger partial charge in [0.05, 0.1) is 12.5 Å². The zero-order valence-corrected chi connectivity index (χ0v) is 13.3. The van der Waals surface area contributed by atoms with E-state index in [2.05, 4.69) is 5.32 Å². The van der Waals surface area contributed by atoms with E-state index in [1.165, 1.54) is 30.5 Å². The predicted octanol–water partition coefficient (Wildman–Crippen LogP) is 1.61. The van der Waals surface area contributed by atoms with Gasteiger partial charge in [0.2, 0.25) is 10.0 Å². The van der Waals surface area contributed by atoms with Gasteiger partial charge in [-0.25, -0.2) is 12.8 Å². The minimum Gasteiger partial charge on any atom is -0.459 e. The fourth-order valence-electron chi connectivity index (χ4n) is 1.97. The summed E-state index contributed by atoms with van der Waals surface area (Å²) >= 11 is 0. The van der Waals surface area contributed by atoms with E-state index >= 15 is 0 Å². The average molecular weight is 340 g/mol. The molecule has 2 rings (SSSR count). The normalized spacial score (nSPS) is 11.6. The summed E-state index contributed by atoms with van der Waals surface area (Å²) in [5.41, 5.74) is 0.273. The molecule has 124 valence electrons. The van der Waals surface area contributed by atoms with E-state index in [-0.39, 0.29) is 31.0 Å². The number of carbonyl (C=O) groups excluding carboxylic acids is 1. The van der Waals surface area contributed by atoms with Crippen molar-refractivity contribution in [1.29, 1.82) is 0 Å². The van der Waals surface area contributed by atoms with Gasteiger partial charge in [-0.15, -0.1) is 0 Å². The van der Waals surface area contributed by atoms with Crippen LogP contribution >= 0.6 is 0 Å². The van der Waals surface area contributed by atoms with E-state index in [4.69, 9.17) is 4.42 Å². The molecule has 6 nitrogen and oxygen atoms in total. The highest BCUT2D eigenvalue weighted by Gasteiger charge is 2.19. The zero-order valence-electron chi connectivity index (χ0n) is 12.5. The van der Waals surface area contributed by atoms with Crippen molar-refractivity contribution in [2.24, 2.45) is 0 Å². The molecule has 0 atom stereocenters. The van der Waals surface area contributed by atoms with Crippen LogP contribution in [0.4, 0.5) is 4.39 Å². The van der Waals surface area contributed by atoms with Crippen molar-refractivity contribution in [2.75, 3.05) is 19.3 Å². The number of nitrogens with one attached hydrogen (secondary N) is 1. The number of benzene rings is 1. The summed E-state index contributed by atoms with van der Waals surface area (Å²) in [6.45, 7) is 0.0167. The number of nitrogens with zero attached hydrogens (tertiary/aromatic N) is 1. The molecule has 0 unspecified atom stereocenters. The third-order valence-electron chi connectivity index (χ3n) is 3.17. The van der Waals surface area contributed by atoms with Crippen LogP contribution in [-0.2, 0) is 16.6 Å². The summed E-state index contributed by atoms with van der Waals surface area (Å²) in [4.78, 5) is 11.7. The van der Waals surface area contributed by atoms with Gasteiger partial charge >= 0.3 is 0 Å². The van der Waals surface area contributed by atoms with Crippen molar-refractivity contribution in [1.82, 2.24) is 9.62 Å². The first kappa shape index (κ1) is 17.2. The van der Waals surface area contributed by atoms with E-state index in [0.717, 1.165) is 10.6 Å². The van der Waals surface area contributed by atoms with Gasteiger partial charge in [0, 0.05) is 25.2 Å². The van der Waals surface area contributed by atoms with Crippen LogP contribution in [0.15, 0.2) is 47.1 Å². The molecule has 0 fully saturated rings. The molecule has 2 aromatic rings. The molecule has 0 spiro atoms. The number of carbonyl (C=O) groups is 1. The van der Waals surface area contributed by atoms with Crippen LogP contribution < -0.4 is 5.32 Å². The van der Waals surface area contributed by atoms with Crippen LogP contribution in [0.5, 0.6) is 0 Å². The molecule has 0 aliphatic rings. The van der Waals surface area contributed by atoms with Gasteiger partial charge in [-0.1, -0.05) is 18.2 Å². The Kier molecular flexibility index (Phi) is 5.51. The fourth-order valence-corrected chi connectivity index (χ4v) is 2.76. The molecule has 23 heavy (non-hydrogen) atoms. The minimum atomic E-state index is -3.54. The number of amides is 1. The van der Waals surface area contributed by atoms with Crippen molar-refractivity contribution in [2.45, 2.75) is 6.54 Å². The Hall–Kier alpha value is -2.19. The smallest absolute Gasteiger partial charge is 0.287 e. The molecule has 0 saturated heterocycles. The predicted molar refractivity (Wildman–Crippen MR) is 82.7 cm³/mol. The first-order valence-corrected chi connectivity index (χ1v) is 8.73. The topological polar surface area (TPSA) is 79.6 Å². The fraction of sp³-hybridized carbons (Fsp3) is 0.267. The van der Waals surface area contributed by atoms with Gasteiger partial charge in [-0.2, -0.15) is 4.31 Å². The summed E-state index contributed by atoms with van der Waals surface area (Å²) in [7, 11) is -3.54. The Morgan fingerprint density at radius 2 is 2.00 bits per heavy atom. The lowest BCUT2D eigenvalue weighted by molar-refractivity contribution is 0.0923. The Morgan fingerprint density at radius 3 is 2.61 bits per heavy atom. The molecule has 1 aromatic carbocycles. The minimum absolute atomic E-state index is 0.0274. The maximum atomic E-state index is 13.7. The van der Waals surface area contributed by atoms with Gasteiger partial charge in [-0.05, 0) is 18.2 Å². The quantitative estimate of drug-likeness (QED) is 0.830. The largest absolute Gasteiger partial charge is 0.459 e. The van der Waals surface area contributed by atoms with Crippen molar-refractivity contribution in [3.8, 4) is 0 Å². The van der Waals surface area contributed by atoms with E-state index in [1.807, 2.05) is 0 Å². The highest BCUT2D eigenvalue weighted by atomic mass is 32.2. The van der Waals surface area contributed by atoms with Gasteiger partial charge in [0.1, 0.15) is 5.82 Å². The molecule has 8 heteroatoms. The summed E-state index contributed by atoms with van der Waals surface area (Å²) in [6, 6.07) is 9.05. The first-order valence-electron chi connectivity index (χ1n) is 6.88. The Balaban J connectivity index is 1.97. The highest BCUT2D eigenvalue weighted by molar-refractivity contribution is 7.88. The summed E-state index contributed by atoms with van der Waals surface area (Å²) < 4.78 is 43.4. The lowest BCUT2D eigenvalue weighted by atomic mass is 10.2. The van der Waals surface area contributed by atoms with Crippen LogP contribution in [-0.4, -0.2) is 38.0 Å². The van der Waals surface area contributed by atoms with Gasteiger partial charge < -0.3 is 9.73 Å². The number of rotatable bonds is 7. The van der Waals surface area contributed by atoms with E-state index in [0.29, 0.717) is 0 Å². The molecule has 1 amide bonds. The molecule has 1 heterocycles. The number of hydrogen-bond donors (Lipinski definition) is 1. The van der Waals surface area contributed by atoms with E-state index < -0.39 is 21.7 Å². The Morgan fingerprint density at radius 1 is 1.26 bits per heavy atom. The first-order chi connectivity index (χ1) is 10.9.